The first-order valence-electron chi connectivity index (χ1n) is 10.0. The largest absolute Gasteiger partial charge is 0.416 e. The number of hydrogen-bond acceptors (Lipinski definition) is 1. The van der Waals surface area contributed by atoms with Gasteiger partial charge in [0.15, 0.2) is 6.29 Å². The van der Waals surface area contributed by atoms with Gasteiger partial charge in [0, 0.05) is 5.56 Å². The summed E-state index contributed by atoms with van der Waals surface area (Å²) >= 11 is 0. The predicted molar refractivity (Wildman–Crippen MR) is 111 cm³/mol. The van der Waals surface area contributed by atoms with Crippen molar-refractivity contribution in [3.05, 3.63) is 82.9 Å². The fraction of sp³-hybridized carbons (Fsp3) is 0.240. The SMILES string of the molecule is CCCCCc1ccc(-c2c(-c3ccc(C(F)(F)F)cc3)cc(F)c(C=O)c2F)cc1. The number of unbranched alkanes of at least 4 members (excludes halogenated alkanes) is 2. The molecule has 0 aliphatic carbocycles. The highest BCUT2D eigenvalue weighted by Gasteiger charge is 2.30. The third kappa shape index (κ3) is 5.01. The second kappa shape index (κ2) is 9.41. The van der Waals surface area contributed by atoms with E-state index in [1.807, 2.05) is 12.1 Å². The molecule has 3 aromatic rings. The molecule has 1 nitrogen and oxygen atoms in total. The molecule has 0 spiro atoms. The number of hydrogen-bond donors (Lipinski definition) is 0. The van der Waals surface area contributed by atoms with Gasteiger partial charge in [0.25, 0.3) is 0 Å². The van der Waals surface area contributed by atoms with Gasteiger partial charge in [-0.05, 0) is 53.3 Å². The topological polar surface area (TPSA) is 17.1 Å². The standard InChI is InChI=1S/C25H21F5O/c1-2-3-4-5-16-6-8-18(9-7-16)23-20(14-22(26)21(15-31)24(23)27)17-10-12-19(13-11-17)25(28,29)30/h6-15H,2-5H2,1H3. The van der Waals surface area contributed by atoms with Gasteiger partial charge < -0.3 is 0 Å². The van der Waals surface area contributed by atoms with Crippen molar-refractivity contribution in [2.75, 3.05) is 0 Å². The van der Waals surface area contributed by atoms with Crippen molar-refractivity contribution < 1.29 is 26.7 Å². The first kappa shape index (κ1) is 22.7. The Labute approximate surface area is 177 Å². The smallest absolute Gasteiger partial charge is 0.298 e. The van der Waals surface area contributed by atoms with Crippen LogP contribution >= 0.6 is 0 Å². The summed E-state index contributed by atoms with van der Waals surface area (Å²) in [6.45, 7) is 2.10. The Bertz CT molecular complexity index is 1050. The van der Waals surface area contributed by atoms with E-state index in [0.717, 1.165) is 49.4 Å². The zero-order chi connectivity index (χ0) is 22.6. The number of carbonyl (C=O) groups excluding carboxylic acids is 1. The van der Waals surface area contributed by atoms with Crippen LogP contribution in [0.2, 0.25) is 0 Å². The number of carbonyl (C=O) groups is 1. The van der Waals surface area contributed by atoms with Gasteiger partial charge in [-0.3, -0.25) is 4.79 Å². The van der Waals surface area contributed by atoms with Crippen molar-refractivity contribution in [1.29, 1.82) is 0 Å². The van der Waals surface area contributed by atoms with Crippen LogP contribution in [-0.4, -0.2) is 6.29 Å². The molecular formula is C25H21F5O. The maximum atomic E-state index is 15.1. The number of aryl methyl sites for hydroxylation is 1. The molecule has 0 N–H and O–H groups in total. The third-order valence-corrected chi connectivity index (χ3v) is 5.21. The van der Waals surface area contributed by atoms with Gasteiger partial charge >= 0.3 is 6.18 Å². The lowest BCUT2D eigenvalue weighted by Crippen LogP contribution is -2.04. The first-order chi connectivity index (χ1) is 14.8. The summed E-state index contributed by atoms with van der Waals surface area (Å²) in [5, 5.41) is 0. The molecule has 0 bridgehead atoms. The van der Waals surface area contributed by atoms with Crippen molar-refractivity contribution >= 4 is 6.29 Å². The summed E-state index contributed by atoms with van der Waals surface area (Å²) < 4.78 is 68.1. The lowest BCUT2D eigenvalue weighted by Gasteiger charge is -2.15. The van der Waals surface area contributed by atoms with Crippen LogP contribution in [0.25, 0.3) is 22.3 Å². The zero-order valence-corrected chi connectivity index (χ0v) is 16.9. The average Bonchev–Trinajstić information content (AvgIpc) is 2.74. The summed E-state index contributed by atoms with van der Waals surface area (Å²) in [6, 6.07) is 12.1. The monoisotopic (exact) mass is 432 g/mol. The molecule has 162 valence electrons. The number of benzene rings is 3. The first-order valence-corrected chi connectivity index (χ1v) is 10.0. The minimum atomic E-state index is -4.52. The van der Waals surface area contributed by atoms with Gasteiger partial charge in [0.05, 0.1) is 11.1 Å². The highest BCUT2D eigenvalue weighted by Crippen LogP contribution is 2.38. The Balaban J connectivity index is 2.09. The molecule has 31 heavy (non-hydrogen) atoms. The van der Waals surface area contributed by atoms with Crippen LogP contribution in [0.4, 0.5) is 22.0 Å². The van der Waals surface area contributed by atoms with E-state index < -0.39 is 28.9 Å². The quantitative estimate of drug-likeness (QED) is 0.211. The molecular weight excluding hydrogens is 411 g/mol. The number of halogens is 5. The van der Waals surface area contributed by atoms with E-state index in [-0.39, 0.29) is 23.0 Å². The highest BCUT2D eigenvalue weighted by atomic mass is 19.4. The van der Waals surface area contributed by atoms with Crippen LogP contribution in [0, 0.1) is 11.6 Å². The summed E-state index contributed by atoms with van der Waals surface area (Å²) in [5.41, 5.74) is 0.167. The van der Waals surface area contributed by atoms with Crippen molar-refractivity contribution in [2.45, 2.75) is 38.8 Å². The predicted octanol–water partition coefficient (Wildman–Crippen LogP) is 7.86. The molecule has 0 fully saturated rings. The lowest BCUT2D eigenvalue weighted by atomic mass is 9.90. The van der Waals surface area contributed by atoms with Crippen LogP contribution in [0.1, 0.15) is 47.7 Å². The van der Waals surface area contributed by atoms with Crippen LogP contribution in [0.15, 0.2) is 54.6 Å². The molecule has 0 atom stereocenters. The third-order valence-electron chi connectivity index (χ3n) is 5.21. The van der Waals surface area contributed by atoms with E-state index in [1.165, 1.54) is 12.1 Å². The van der Waals surface area contributed by atoms with E-state index in [1.54, 1.807) is 12.1 Å². The van der Waals surface area contributed by atoms with Crippen molar-refractivity contribution in [3.63, 3.8) is 0 Å². The molecule has 0 saturated heterocycles. The number of alkyl halides is 3. The molecule has 0 amide bonds. The Morgan fingerprint density at radius 1 is 0.871 bits per heavy atom. The molecule has 0 aliphatic rings. The van der Waals surface area contributed by atoms with E-state index in [0.29, 0.717) is 5.56 Å². The van der Waals surface area contributed by atoms with E-state index in [4.69, 9.17) is 0 Å². The van der Waals surface area contributed by atoms with E-state index in [2.05, 4.69) is 6.92 Å². The minimum Gasteiger partial charge on any atom is -0.298 e. The molecule has 0 saturated carbocycles. The number of rotatable bonds is 7. The molecule has 3 aromatic carbocycles. The van der Waals surface area contributed by atoms with Crippen LogP contribution in [0.5, 0.6) is 0 Å². The second-order valence-corrected chi connectivity index (χ2v) is 7.36. The van der Waals surface area contributed by atoms with Gasteiger partial charge in [-0.1, -0.05) is 56.2 Å². The van der Waals surface area contributed by atoms with Gasteiger partial charge in [-0.15, -0.1) is 0 Å². The summed E-state index contributed by atoms with van der Waals surface area (Å²) in [4.78, 5) is 11.2. The van der Waals surface area contributed by atoms with Crippen molar-refractivity contribution in [1.82, 2.24) is 0 Å². The van der Waals surface area contributed by atoms with Crippen LogP contribution in [0.3, 0.4) is 0 Å². The zero-order valence-electron chi connectivity index (χ0n) is 16.9. The summed E-state index contributed by atoms with van der Waals surface area (Å²) in [6.07, 6.45) is -0.353. The average molecular weight is 432 g/mol. The molecule has 0 aromatic heterocycles. The van der Waals surface area contributed by atoms with E-state index >= 15 is 4.39 Å². The molecule has 0 aliphatic heterocycles. The van der Waals surface area contributed by atoms with E-state index in [9.17, 15) is 22.4 Å². The fourth-order valence-electron chi connectivity index (χ4n) is 3.51. The van der Waals surface area contributed by atoms with Crippen LogP contribution < -0.4 is 0 Å². The maximum Gasteiger partial charge on any atom is 0.416 e. The summed E-state index contributed by atoms with van der Waals surface area (Å²) in [7, 11) is 0. The highest BCUT2D eigenvalue weighted by molar-refractivity contribution is 5.89. The summed E-state index contributed by atoms with van der Waals surface area (Å²) in [5.74, 6) is -2.11. The van der Waals surface area contributed by atoms with Gasteiger partial charge in [0.1, 0.15) is 11.6 Å². The van der Waals surface area contributed by atoms with Gasteiger partial charge in [0.2, 0.25) is 0 Å². The maximum absolute atomic E-state index is 15.1. The number of aldehydes is 1. The van der Waals surface area contributed by atoms with Gasteiger partial charge in [-0.2, -0.15) is 13.2 Å². The second-order valence-electron chi connectivity index (χ2n) is 7.36. The van der Waals surface area contributed by atoms with Crippen LogP contribution in [-0.2, 0) is 12.6 Å². The Kier molecular flexibility index (Phi) is 6.88. The molecule has 0 unspecified atom stereocenters. The molecule has 0 heterocycles. The molecule has 3 rings (SSSR count). The van der Waals surface area contributed by atoms with Crippen molar-refractivity contribution in [3.8, 4) is 22.3 Å². The Morgan fingerprint density at radius 2 is 1.48 bits per heavy atom. The fourth-order valence-corrected chi connectivity index (χ4v) is 3.51. The molecule has 0 radical (unpaired) electrons. The van der Waals surface area contributed by atoms with Gasteiger partial charge in [-0.25, -0.2) is 8.78 Å². The van der Waals surface area contributed by atoms with Crippen molar-refractivity contribution in [2.24, 2.45) is 0 Å². The Hall–Kier alpha value is -3.02. The normalized spacial score (nSPS) is 11.5. The molecule has 6 heteroatoms. The minimum absolute atomic E-state index is 0.0247. The Morgan fingerprint density at radius 3 is 2.03 bits per heavy atom. The lowest BCUT2D eigenvalue weighted by molar-refractivity contribution is -0.137.